The number of aromatic nitrogens is 1. The highest BCUT2D eigenvalue weighted by Gasteiger charge is 2.11. The van der Waals surface area contributed by atoms with E-state index in [4.69, 9.17) is 9.15 Å². The van der Waals surface area contributed by atoms with Gasteiger partial charge in [-0.3, -0.25) is 4.79 Å². The molecule has 0 atom stereocenters. The number of aryl methyl sites for hydroxylation is 1. The lowest BCUT2D eigenvalue weighted by atomic mass is 10.1. The molecule has 1 amide bonds. The van der Waals surface area contributed by atoms with Crippen molar-refractivity contribution in [3.8, 4) is 17.2 Å². The first-order chi connectivity index (χ1) is 14.7. The topological polar surface area (TPSA) is 64.4 Å². The second kappa shape index (κ2) is 8.82. The summed E-state index contributed by atoms with van der Waals surface area (Å²) in [6.07, 6.45) is 1.86. The maximum atomic E-state index is 12.7. The fourth-order valence-electron chi connectivity index (χ4n) is 3.20. The van der Waals surface area contributed by atoms with Gasteiger partial charge in [-0.25, -0.2) is 4.98 Å². The van der Waals surface area contributed by atoms with Gasteiger partial charge in [0.1, 0.15) is 11.3 Å². The van der Waals surface area contributed by atoms with Gasteiger partial charge in [-0.05, 0) is 66.9 Å². The van der Waals surface area contributed by atoms with Crippen molar-refractivity contribution >= 4 is 22.7 Å². The molecule has 30 heavy (non-hydrogen) atoms. The van der Waals surface area contributed by atoms with Crippen molar-refractivity contribution in [3.05, 3.63) is 77.9 Å². The maximum absolute atomic E-state index is 12.7. The molecule has 0 aliphatic rings. The molecule has 0 unspecified atom stereocenters. The molecule has 4 rings (SSSR count). The summed E-state index contributed by atoms with van der Waals surface area (Å²) in [6, 6.07) is 20.7. The number of nitrogens with one attached hydrogen (secondary N) is 1. The van der Waals surface area contributed by atoms with E-state index in [1.54, 1.807) is 12.1 Å². The molecule has 152 valence electrons. The molecule has 1 N–H and O–H groups in total. The average molecular weight is 400 g/mol. The number of fused-ring (bicyclic) bond motifs is 1. The summed E-state index contributed by atoms with van der Waals surface area (Å²) in [4.78, 5) is 17.3. The van der Waals surface area contributed by atoms with Crippen LogP contribution in [0.5, 0.6) is 5.75 Å². The highest BCUT2D eigenvalue weighted by atomic mass is 16.5. The molecule has 5 nitrogen and oxygen atoms in total. The lowest BCUT2D eigenvalue weighted by molar-refractivity contribution is 0.102. The molecule has 0 bridgehead atoms. The predicted octanol–water partition coefficient (Wildman–Crippen LogP) is 6.10. The maximum Gasteiger partial charge on any atom is 0.255 e. The molecule has 0 aliphatic heterocycles. The Morgan fingerprint density at radius 2 is 1.90 bits per heavy atom. The summed E-state index contributed by atoms with van der Waals surface area (Å²) in [6.45, 7) is 4.78. The summed E-state index contributed by atoms with van der Waals surface area (Å²) in [5, 5.41) is 2.94. The minimum absolute atomic E-state index is 0.195. The standard InChI is InChI=1S/C25H24N2O3/c1-3-13-29-21-10-6-7-18(16-21)24(28)26-20-9-5-8-19(15-20)25-27-22-14-17(4-2)11-12-23(22)30-25/h5-12,14-16H,3-4,13H2,1-2H3,(H,26,28). The normalized spacial score (nSPS) is 10.9. The molecule has 5 heteroatoms. The summed E-state index contributed by atoms with van der Waals surface area (Å²) < 4.78 is 11.5. The summed E-state index contributed by atoms with van der Waals surface area (Å²) in [7, 11) is 0. The van der Waals surface area contributed by atoms with E-state index in [0.29, 0.717) is 29.5 Å². The lowest BCUT2D eigenvalue weighted by Crippen LogP contribution is -2.12. The van der Waals surface area contributed by atoms with Gasteiger partial charge >= 0.3 is 0 Å². The first kappa shape index (κ1) is 19.7. The van der Waals surface area contributed by atoms with Crippen LogP contribution in [0.2, 0.25) is 0 Å². The van der Waals surface area contributed by atoms with E-state index in [-0.39, 0.29) is 5.91 Å². The molecule has 1 heterocycles. The zero-order valence-corrected chi connectivity index (χ0v) is 17.1. The first-order valence-electron chi connectivity index (χ1n) is 10.2. The van der Waals surface area contributed by atoms with E-state index in [2.05, 4.69) is 17.2 Å². The third-order valence-electron chi connectivity index (χ3n) is 4.80. The van der Waals surface area contributed by atoms with Gasteiger partial charge in [0.15, 0.2) is 5.58 Å². The molecule has 0 aliphatic carbocycles. The molecule has 1 aromatic heterocycles. The third-order valence-corrected chi connectivity index (χ3v) is 4.80. The first-order valence-corrected chi connectivity index (χ1v) is 10.2. The van der Waals surface area contributed by atoms with Gasteiger partial charge in [0.2, 0.25) is 5.89 Å². The molecule has 4 aromatic rings. The Morgan fingerprint density at radius 1 is 1.03 bits per heavy atom. The van der Waals surface area contributed by atoms with Crippen LogP contribution in [-0.4, -0.2) is 17.5 Å². The fourth-order valence-corrected chi connectivity index (χ4v) is 3.20. The number of benzene rings is 3. The Bertz CT molecular complexity index is 1180. The van der Waals surface area contributed by atoms with Gasteiger partial charge in [-0.2, -0.15) is 0 Å². The van der Waals surface area contributed by atoms with Crippen molar-refractivity contribution < 1.29 is 13.9 Å². The van der Waals surface area contributed by atoms with E-state index in [9.17, 15) is 4.79 Å². The zero-order chi connectivity index (χ0) is 20.9. The van der Waals surface area contributed by atoms with E-state index < -0.39 is 0 Å². The van der Waals surface area contributed by atoms with Crippen molar-refractivity contribution in [1.29, 1.82) is 0 Å². The average Bonchev–Trinajstić information content (AvgIpc) is 3.21. The Morgan fingerprint density at radius 3 is 2.73 bits per heavy atom. The van der Waals surface area contributed by atoms with Gasteiger partial charge in [0, 0.05) is 16.8 Å². The quantitative estimate of drug-likeness (QED) is 0.407. The van der Waals surface area contributed by atoms with Gasteiger partial charge in [-0.1, -0.05) is 32.0 Å². The van der Waals surface area contributed by atoms with Crippen LogP contribution in [0.3, 0.4) is 0 Å². The van der Waals surface area contributed by atoms with Gasteiger partial charge < -0.3 is 14.5 Å². The number of oxazole rings is 1. The molecule has 0 saturated heterocycles. The van der Waals surface area contributed by atoms with Gasteiger partial charge in [0.25, 0.3) is 5.91 Å². The van der Waals surface area contributed by atoms with E-state index in [1.807, 2.05) is 61.5 Å². The Balaban J connectivity index is 1.54. The van der Waals surface area contributed by atoms with E-state index >= 15 is 0 Å². The molecule has 0 radical (unpaired) electrons. The SMILES string of the molecule is CCCOc1cccc(C(=O)Nc2cccc(-c3nc4cc(CC)ccc4o3)c2)c1. The van der Waals surface area contributed by atoms with Crippen LogP contribution in [-0.2, 0) is 6.42 Å². The Kier molecular flexibility index (Phi) is 5.80. The molecular formula is C25H24N2O3. The minimum Gasteiger partial charge on any atom is -0.494 e. The molecule has 3 aromatic carbocycles. The number of anilines is 1. The van der Waals surface area contributed by atoms with Gasteiger partial charge in [0.05, 0.1) is 6.61 Å². The number of hydrogen-bond acceptors (Lipinski definition) is 4. The van der Waals surface area contributed by atoms with Crippen LogP contribution in [0.25, 0.3) is 22.6 Å². The summed E-state index contributed by atoms with van der Waals surface area (Å²) >= 11 is 0. The summed E-state index contributed by atoms with van der Waals surface area (Å²) in [5.74, 6) is 1.03. The summed E-state index contributed by atoms with van der Waals surface area (Å²) in [5.41, 5.74) is 4.83. The number of nitrogens with zero attached hydrogens (tertiary/aromatic N) is 1. The van der Waals surface area contributed by atoms with Crippen molar-refractivity contribution in [1.82, 2.24) is 4.98 Å². The fraction of sp³-hybridized carbons (Fsp3) is 0.200. The Hall–Kier alpha value is -3.60. The second-order valence-corrected chi connectivity index (χ2v) is 7.09. The molecular weight excluding hydrogens is 376 g/mol. The number of rotatable bonds is 7. The minimum atomic E-state index is -0.195. The van der Waals surface area contributed by atoms with Crippen LogP contribution in [0.1, 0.15) is 36.2 Å². The highest BCUT2D eigenvalue weighted by molar-refractivity contribution is 6.04. The smallest absolute Gasteiger partial charge is 0.255 e. The highest BCUT2D eigenvalue weighted by Crippen LogP contribution is 2.27. The van der Waals surface area contributed by atoms with Crippen molar-refractivity contribution in [2.75, 3.05) is 11.9 Å². The lowest BCUT2D eigenvalue weighted by Gasteiger charge is -2.09. The number of amides is 1. The predicted molar refractivity (Wildman–Crippen MR) is 119 cm³/mol. The molecule has 0 saturated carbocycles. The monoisotopic (exact) mass is 400 g/mol. The van der Waals surface area contributed by atoms with Crippen molar-refractivity contribution in [2.24, 2.45) is 0 Å². The number of hydrogen-bond donors (Lipinski definition) is 1. The van der Waals surface area contributed by atoms with Gasteiger partial charge in [-0.15, -0.1) is 0 Å². The van der Waals surface area contributed by atoms with Crippen molar-refractivity contribution in [3.63, 3.8) is 0 Å². The third kappa shape index (κ3) is 4.35. The van der Waals surface area contributed by atoms with E-state index in [1.165, 1.54) is 5.56 Å². The zero-order valence-electron chi connectivity index (χ0n) is 17.1. The number of ether oxygens (including phenoxy) is 1. The van der Waals surface area contributed by atoms with Crippen LogP contribution < -0.4 is 10.1 Å². The Labute approximate surface area is 175 Å². The molecule has 0 fully saturated rings. The second-order valence-electron chi connectivity index (χ2n) is 7.09. The number of carbonyl (C=O) groups excluding carboxylic acids is 1. The van der Waals surface area contributed by atoms with Crippen LogP contribution in [0, 0.1) is 0 Å². The molecule has 0 spiro atoms. The number of carbonyl (C=O) groups is 1. The van der Waals surface area contributed by atoms with Crippen LogP contribution >= 0.6 is 0 Å². The van der Waals surface area contributed by atoms with Crippen LogP contribution in [0.15, 0.2) is 71.1 Å². The largest absolute Gasteiger partial charge is 0.494 e. The van der Waals surface area contributed by atoms with E-state index in [0.717, 1.165) is 29.5 Å². The van der Waals surface area contributed by atoms with Crippen LogP contribution in [0.4, 0.5) is 5.69 Å². The van der Waals surface area contributed by atoms with Crippen molar-refractivity contribution in [2.45, 2.75) is 26.7 Å².